The molecule has 8 nitrogen and oxygen atoms in total. The zero-order chi connectivity index (χ0) is 20.5. The van der Waals surface area contributed by atoms with E-state index in [0.717, 1.165) is 39.2 Å². The summed E-state index contributed by atoms with van der Waals surface area (Å²) in [6, 6.07) is 5.79. The first kappa shape index (κ1) is 18.4. The summed E-state index contributed by atoms with van der Waals surface area (Å²) >= 11 is 0. The molecular weight excluding hydrogens is 366 g/mol. The van der Waals surface area contributed by atoms with E-state index in [-0.39, 0.29) is 5.91 Å². The van der Waals surface area contributed by atoms with Crippen LogP contribution >= 0.6 is 0 Å². The first-order valence-electron chi connectivity index (χ1n) is 9.09. The molecule has 0 saturated carbocycles. The van der Waals surface area contributed by atoms with Crippen LogP contribution in [0.25, 0.3) is 16.7 Å². The Bertz CT molecular complexity index is 1240. The maximum Gasteiger partial charge on any atom is 0.247 e. The summed E-state index contributed by atoms with van der Waals surface area (Å²) in [5, 5.41) is 11.2. The Kier molecular flexibility index (Phi) is 4.59. The molecule has 8 heteroatoms. The summed E-state index contributed by atoms with van der Waals surface area (Å²) in [5.74, 6) is 1.04. The maximum atomic E-state index is 11.6. The monoisotopic (exact) mass is 387 g/mol. The minimum atomic E-state index is -0.237. The fraction of sp³-hybridized carbons (Fsp3) is 0.143. The van der Waals surface area contributed by atoms with Crippen molar-refractivity contribution in [1.29, 1.82) is 0 Å². The number of nitrogens with one attached hydrogen (secondary N) is 2. The zero-order valence-corrected chi connectivity index (χ0v) is 16.5. The van der Waals surface area contributed by atoms with Gasteiger partial charge in [0.25, 0.3) is 0 Å². The fourth-order valence-corrected chi connectivity index (χ4v) is 3.19. The number of fused-ring (bicyclic) bond motifs is 1. The number of nitrogens with zero attached hydrogens (tertiary/aromatic N) is 5. The lowest BCUT2D eigenvalue weighted by Crippen LogP contribution is -2.07. The molecule has 0 unspecified atom stereocenters. The number of rotatable bonds is 5. The number of hydrogen-bond donors (Lipinski definition) is 2. The first-order chi connectivity index (χ1) is 13.9. The van der Waals surface area contributed by atoms with Crippen LogP contribution in [0.5, 0.6) is 0 Å². The summed E-state index contributed by atoms with van der Waals surface area (Å²) in [5.41, 5.74) is 4.56. The van der Waals surface area contributed by atoms with Gasteiger partial charge in [0.2, 0.25) is 11.9 Å². The van der Waals surface area contributed by atoms with E-state index >= 15 is 0 Å². The molecular formula is C21H21N7O. The van der Waals surface area contributed by atoms with E-state index in [1.165, 1.54) is 6.08 Å². The molecule has 3 heterocycles. The molecule has 0 fully saturated rings. The molecule has 3 aromatic heterocycles. The number of carbonyl (C=O) groups is 1. The van der Waals surface area contributed by atoms with Crippen molar-refractivity contribution in [1.82, 2.24) is 24.3 Å². The Morgan fingerprint density at radius 2 is 1.97 bits per heavy atom. The van der Waals surface area contributed by atoms with Gasteiger partial charge in [-0.1, -0.05) is 6.58 Å². The van der Waals surface area contributed by atoms with Crippen molar-refractivity contribution in [3.05, 3.63) is 66.8 Å². The van der Waals surface area contributed by atoms with E-state index < -0.39 is 0 Å². The summed E-state index contributed by atoms with van der Waals surface area (Å²) in [6.45, 7) is 7.49. The van der Waals surface area contributed by atoms with Gasteiger partial charge in [-0.2, -0.15) is 10.1 Å². The van der Waals surface area contributed by atoms with Crippen molar-refractivity contribution in [2.75, 3.05) is 10.6 Å². The topological polar surface area (TPSA) is 89.7 Å². The van der Waals surface area contributed by atoms with Gasteiger partial charge in [-0.3, -0.25) is 9.48 Å². The van der Waals surface area contributed by atoms with Crippen molar-refractivity contribution in [3.8, 4) is 5.82 Å². The van der Waals surface area contributed by atoms with E-state index in [4.69, 9.17) is 4.98 Å². The Morgan fingerprint density at radius 3 is 2.69 bits per heavy atom. The van der Waals surface area contributed by atoms with E-state index in [9.17, 15) is 4.79 Å². The Balaban J connectivity index is 1.74. The van der Waals surface area contributed by atoms with Gasteiger partial charge in [0, 0.05) is 42.3 Å². The van der Waals surface area contributed by atoms with E-state index in [2.05, 4.69) is 27.3 Å². The second-order valence-corrected chi connectivity index (χ2v) is 6.84. The highest BCUT2D eigenvalue weighted by Crippen LogP contribution is 2.28. The molecule has 4 rings (SSSR count). The molecule has 2 N–H and O–H groups in total. The lowest BCUT2D eigenvalue weighted by Gasteiger charge is -2.10. The molecule has 29 heavy (non-hydrogen) atoms. The third kappa shape index (κ3) is 3.60. The lowest BCUT2D eigenvalue weighted by atomic mass is 10.1. The summed E-state index contributed by atoms with van der Waals surface area (Å²) in [4.78, 5) is 20.7. The van der Waals surface area contributed by atoms with Crippen LogP contribution in [0, 0.1) is 13.8 Å². The van der Waals surface area contributed by atoms with Crippen LogP contribution in [0.3, 0.4) is 0 Å². The minimum absolute atomic E-state index is 0.237. The minimum Gasteiger partial charge on any atom is -0.323 e. The quantitative estimate of drug-likeness (QED) is 0.510. The number of benzene rings is 1. The van der Waals surface area contributed by atoms with Gasteiger partial charge in [0.05, 0.1) is 17.4 Å². The number of aromatic nitrogens is 5. The number of anilines is 3. The zero-order valence-electron chi connectivity index (χ0n) is 16.5. The van der Waals surface area contributed by atoms with E-state index in [1.807, 2.05) is 56.1 Å². The van der Waals surface area contributed by atoms with Gasteiger partial charge in [-0.15, -0.1) is 0 Å². The van der Waals surface area contributed by atoms with Gasteiger partial charge >= 0.3 is 0 Å². The smallest absolute Gasteiger partial charge is 0.247 e. The molecule has 0 radical (unpaired) electrons. The summed E-state index contributed by atoms with van der Waals surface area (Å²) in [7, 11) is 1.85. The second-order valence-electron chi connectivity index (χ2n) is 6.84. The third-order valence-electron chi connectivity index (χ3n) is 4.59. The van der Waals surface area contributed by atoms with Gasteiger partial charge in [0.1, 0.15) is 5.82 Å². The van der Waals surface area contributed by atoms with Crippen molar-refractivity contribution < 1.29 is 4.79 Å². The molecule has 1 amide bonds. The maximum absolute atomic E-state index is 11.6. The molecule has 1 aromatic carbocycles. The average Bonchev–Trinajstić information content (AvgIpc) is 3.26. The van der Waals surface area contributed by atoms with Gasteiger partial charge in [-0.25, -0.2) is 4.98 Å². The van der Waals surface area contributed by atoms with Crippen LogP contribution in [0.1, 0.15) is 11.1 Å². The molecule has 0 aliphatic rings. The predicted molar refractivity (Wildman–Crippen MR) is 114 cm³/mol. The van der Waals surface area contributed by atoms with Crippen LogP contribution in [-0.4, -0.2) is 30.2 Å². The molecule has 0 spiro atoms. The Morgan fingerprint density at radius 1 is 1.14 bits per heavy atom. The van der Waals surface area contributed by atoms with Crippen LogP contribution in [0.15, 0.2) is 55.6 Å². The van der Waals surface area contributed by atoms with Crippen LogP contribution in [-0.2, 0) is 11.8 Å². The molecule has 0 atom stereocenters. The number of carbonyl (C=O) groups excluding carboxylic acids is 1. The van der Waals surface area contributed by atoms with Crippen molar-refractivity contribution in [2.24, 2.45) is 7.05 Å². The number of hydrogen-bond acceptors (Lipinski definition) is 5. The standard InChI is InChI=1S/C21H21N7O/c1-5-19(29)24-15-6-7-18-17(8-15)14(3)11-28(18)20-13(2)9-22-21(26-20)25-16-10-23-27(4)12-16/h5-12H,1H2,2-4H3,(H,24,29)(H,22,25,26). The molecule has 4 aromatic rings. The van der Waals surface area contributed by atoms with Gasteiger partial charge < -0.3 is 15.2 Å². The van der Waals surface area contributed by atoms with Crippen molar-refractivity contribution in [2.45, 2.75) is 13.8 Å². The van der Waals surface area contributed by atoms with Crippen LogP contribution < -0.4 is 10.6 Å². The van der Waals surface area contributed by atoms with E-state index in [1.54, 1.807) is 17.1 Å². The number of aryl methyl sites for hydroxylation is 3. The molecule has 0 bridgehead atoms. The normalized spacial score (nSPS) is 10.9. The second kappa shape index (κ2) is 7.23. The number of amides is 1. The molecule has 0 aliphatic heterocycles. The Labute approximate surface area is 167 Å². The highest BCUT2D eigenvalue weighted by Gasteiger charge is 2.13. The van der Waals surface area contributed by atoms with Crippen LogP contribution in [0.4, 0.5) is 17.3 Å². The Hall–Kier alpha value is -3.94. The SMILES string of the molecule is C=CC(=O)Nc1ccc2c(c1)c(C)cn2-c1nc(Nc2cnn(C)c2)ncc1C. The largest absolute Gasteiger partial charge is 0.323 e. The molecule has 146 valence electrons. The van der Waals surface area contributed by atoms with Gasteiger partial charge in [0.15, 0.2) is 0 Å². The predicted octanol–water partition coefficient (Wildman–Crippen LogP) is 3.64. The van der Waals surface area contributed by atoms with Crippen LogP contribution in [0.2, 0.25) is 0 Å². The highest BCUT2D eigenvalue weighted by atomic mass is 16.1. The molecule has 0 aliphatic carbocycles. The lowest BCUT2D eigenvalue weighted by molar-refractivity contribution is -0.111. The van der Waals surface area contributed by atoms with E-state index in [0.29, 0.717) is 5.95 Å². The van der Waals surface area contributed by atoms with Gasteiger partial charge in [-0.05, 0) is 43.7 Å². The highest BCUT2D eigenvalue weighted by molar-refractivity contribution is 6.00. The van der Waals surface area contributed by atoms with Crippen molar-refractivity contribution >= 4 is 34.1 Å². The molecule has 0 saturated heterocycles. The summed E-state index contributed by atoms with van der Waals surface area (Å²) < 4.78 is 3.75. The summed E-state index contributed by atoms with van der Waals surface area (Å²) in [6.07, 6.45) is 8.66. The fourth-order valence-electron chi connectivity index (χ4n) is 3.19. The van der Waals surface area contributed by atoms with Crippen molar-refractivity contribution in [3.63, 3.8) is 0 Å². The first-order valence-corrected chi connectivity index (χ1v) is 9.09. The third-order valence-corrected chi connectivity index (χ3v) is 4.59. The average molecular weight is 387 g/mol.